The van der Waals surface area contributed by atoms with Crippen molar-refractivity contribution in [3.63, 3.8) is 0 Å². The van der Waals surface area contributed by atoms with Crippen molar-refractivity contribution in [3.05, 3.63) is 95.7 Å². The van der Waals surface area contributed by atoms with E-state index in [1.54, 1.807) is 0 Å². The lowest BCUT2D eigenvalue weighted by atomic mass is 9.86. The number of rotatable bonds is 0. The summed E-state index contributed by atoms with van der Waals surface area (Å²) in [5, 5.41) is 0. The van der Waals surface area contributed by atoms with Gasteiger partial charge in [0.1, 0.15) is 22.6 Å². The molecule has 1 unspecified atom stereocenters. The summed E-state index contributed by atoms with van der Waals surface area (Å²) in [4.78, 5) is 0. The summed E-state index contributed by atoms with van der Waals surface area (Å²) in [7, 11) is 2.17. The molecule has 0 radical (unpaired) electrons. The number of fused-ring (bicyclic) bond motifs is 6. The molecule has 0 amide bonds. The third-order valence-electron chi connectivity index (χ3n) is 7.28. The third-order valence-corrected chi connectivity index (χ3v) is 7.28. The number of hydrogen-bond donors (Lipinski definition) is 0. The van der Waals surface area contributed by atoms with E-state index >= 15 is 0 Å². The molecule has 0 aliphatic carbocycles. The smallest absolute Gasteiger partial charge is 0.372 e. The van der Waals surface area contributed by atoms with Crippen LogP contribution in [0.15, 0.2) is 79.0 Å². The number of imidazole rings is 1. The number of pyridine rings is 1. The van der Waals surface area contributed by atoms with E-state index in [0.29, 0.717) is 0 Å². The van der Waals surface area contributed by atoms with Gasteiger partial charge in [0.05, 0.1) is 18.2 Å². The fourth-order valence-electron chi connectivity index (χ4n) is 6.21. The number of aromatic nitrogens is 3. The Hall–Kier alpha value is -3.92. The summed E-state index contributed by atoms with van der Waals surface area (Å²) < 4.78 is 13.9. The number of aryl methyl sites for hydroxylation is 2. The highest BCUT2D eigenvalue weighted by molar-refractivity contribution is 5.87. The monoisotopic (exact) mass is 401 g/mol. The Labute approximate surface area is 179 Å². The molecular weight excluding hydrogens is 382 g/mol. The van der Waals surface area contributed by atoms with Crippen molar-refractivity contribution in [2.75, 3.05) is 0 Å². The zero-order valence-electron chi connectivity index (χ0n) is 17.3. The Balaban J connectivity index is 1.71. The molecule has 2 aromatic heterocycles. The first-order chi connectivity index (χ1) is 15.2. The molecular formula is C27H19N3O+2. The van der Waals surface area contributed by atoms with Gasteiger partial charge in [-0.3, -0.25) is 0 Å². The molecule has 5 aromatic rings. The molecule has 0 bridgehead atoms. The fourth-order valence-corrected chi connectivity index (χ4v) is 6.21. The molecule has 0 N–H and O–H groups in total. The highest BCUT2D eigenvalue weighted by Gasteiger charge is 2.69. The Bertz CT molecular complexity index is 1640. The summed E-state index contributed by atoms with van der Waals surface area (Å²) in [5.41, 5.74) is 9.41. The first-order valence-electron chi connectivity index (χ1n) is 10.7. The molecule has 1 spiro atoms. The lowest BCUT2D eigenvalue weighted by Crippen LogP contribution is -2.59. The minimum absolute atomic E-state index is 0.491. The maximum atomic E-state index is 6.53. The van der Waals surface area contributed by atoms with Crippen LogP contribution in [0, 0.1) is 6.92 Å². The second-order valence-electron chi connectivity index (χ2n) is 8.80. The first-order valence-corrected chi connectivity index (χ1v) is 10.7. The lowest BCUT2D eigenvalue weighted by Gasteiger charge is -2.27. The predicted octanol–water partition coefficient (Wildman–Crippen LogP) is 4.43. The van der Waals surface area contributed by atoms with Gasteiger partial charge in [-0.1, -0.05) is 24.3 Å². The van der Waals surface area contributed by atoms with Crippen LogP contribution in [0.1, 0.15) is 16.7 Å². The van der Waals surface area contributed by atoms with E-state index < -0.39 is 5.66 Å². The van der Waals surface area contributed by atoms with Crippen LogP contribution in [-0.4, -0.2) is 4.57 Å². The third kappa shape index (κ3) is 1.51. The van der Waals surface area contributed by atoms with Crippen LogP contribution < -0.4 is 13.9 Å². The summed E-state index contributed by atoms with van der Waals surface area (Å²) in [5.74, 6) is 3.10. The van der Waals surface area contributed by atoms with Gasteiger partial charge < -0.3 is 4.74 Å². The molecule has 5 heterocycles. The first kappa shape index (κ1) is 15.9. The maximum Gasteiger partial charge on any atom is 0.372 e. The Morgan fingerprint density at radius 3 is 2.42 bits per heavy atom. The fraction of sp³-hybridized carbons (Fsp3) is 0.111. The average molecular weight is 401 g/mol. The molecule has 0 saturated heterocycles. The van der Waals surface area contributed by atoms with Crippen molar-refractivity contribution >= 4 is 11.0 Å². The quantitative estimate of drug-likeness (QED) is 0.345. The van der Waals surface area contributed by atoms with E-state index in [1.807, 2.05) is 0 Å². The topological polar surface area (TPSA) is 21.9 Å². The largest absolute Gasteiger partial charge is 0.456 e. The number of nitrogens with zero attached hydrogens (tertiary/aromatic N) is 3. The van der Waals surface area contributed by atoms with E-state index in [4.69, 9.17) is 4.74 Å². The van der Waals surface area contributed by atoms with E-state index in [9.17, 15) is 0 Å². The Kier molecular flexibility index (Phi) is 2.49. The highest BCUT2D eigenvalue weighted by Crippen LogP contribution is 2.60. The molecule has 3 aliphatic rings. The summed E-state index contributed by atoms with van der Waals surface area (Å²) in [6, 6.07) is 26.1. The Morgan fingerprint density at radius 1 is 0.839 bits per heavy atom. The minimum atomic E-state index is -0.491. The Morgan fingerprint density at radius 2 is 1.58 bits per heavy atom. The SMILES string of the molecule is Cc1cc[n+]2c(c1)-c1cccc3c1C21c2c(cccc2-c2n1c1ccccc1[n+]2C)O3. The van der Waals surface area contributed by atoms with Crippen LogP contribution in [0.4, 0.5) is 0 Å². The summed E-state index contributed by atoms with van der Waals surface area (Å²) >= 11 is 0. The van der Waals surface area contributed by atoms with E-state index in [2.05, 4.69) is 107 Å². The number of benzene rings is 3. The van der Waals surface area contributed by atoms with Crippen LogP contribution in [0.5, 0.6) is 11.5 Å². The van der Waals surface area contributed by atoms with Crippen LogP contribution in [0.3, 0.4) is 0 Å². The van der Waals surface area contributed by atoms with E-state index in [0.717, 1.165) is 11.5 Å². The van der Waals surface area contributed by atoms with Crippen molar-refractivity contribution in [2.24, 2.45) is 7.05 Å². The lowest BCUT2D eigenvalue weighted by molar-refractivity contribution is -0.734. The molecule has 8 rings (SSSR count). The van der Waals surface area contributed by atoms with E-state index in [-0.39, 0.29) is 0 Å². The maximum absolute atomic E-state index is 6.53. The number of hydrogen-bond acceptors (Lipinski definition) is 1. The van der Waals surface area contributed by atoms with Gasteiger partial charge >= 0.3 is 5.66 Å². The molecule has 4 nitrogen and oxygen atoms in total. The van der Waals surface area contributed by atoms with Crippen molar-refractivity contribution in [3.8, 4) is 34.1 Å². The standard InChI is InChI=1S/C27H19N3O/c1-16-13-14-29-21(15-16)17-7-5-11-22-24(17)27(29)25-18(8-6-12-23(25)31-22)26-28(2)19-9-3-4-10-20(19)30(26)27/h3-15H,1-2H3/q+2. The van der Waals surface area contributed by atoms with Crippen molar-refractivity contribution in [1.82, 2.24) is 4.57 Å². The van der Waals surface area contributed by atoms with Crippen LogP contribution in [0.25, 0.3) is 33.7 Å². The zero-order chi connectivity index (χ0) is 20.5. The number of para-hydroxylation sites is 2. The molecule has 4 heteroatoms. The second kappa shape index (κ2) is 4.86. The minimum Gasteiger partial charge on any atom is -0.456 e. The van der Waals surface area contributed by atoms with Gasteiger partial charge in [0.25, 0.3) is 5.82 Å². The van der Waals surface area contributed by atoms with Gasteiger partial charge in [-0.05, 0) is 48.9 Å². The average Bonchev–Trinajstić information content (AvgIpc) is 3.37. The van der Waals surface area contributed by atoms with Gasteiger partial charge in [0, 0.05) is 12.1 Å². The van der Waals surface area contributed by atoms with Crippen LogP contribution >= 0.6 is 0 Å². The normalized spacial score (nSPS) is 18.4. The van der Waals surface area contributed by atoms with E-state index in [1.165, 1.54) is 50.4 Å². The van der Waals surface area contributed by atoms with Crippen LogP contribution in [-0.2, 0) is 12.7 Å². The molecule has 31 heavy (non-hydrogen) atoms. The molecule has 0 fully saturated rings. The second-order valence-corrected chi connectivity index (χ2v) is 8.80. The molecule has 3 aromatic carbocycles. The predicted molar refractivity (Wildman–Crippen MR) is 117 cm³/mol. The molecule has 0 saturated carbocycles. The van der Waals surface area contributed by atoms with Gasteiger partial charge in [0.2, 0.25) is 5.69 Å². The zero-order valence-corrected chi connectivity index (χ0v) is 17.3. The molecule has 3 aliphatic heterocycles. The van der Waals surface area contributed by atoms with Gasteiger partial charge in [-0.25, -0.2) is 4.57 Å². The highest BCUT2D eigenvalue weighted by atomic mass is 16.5. The van der Waals surface area contributed by atoms with Crippen molar-refractivity contribution in [1.29, 1.82) is 0 Å². The summed E-state index contributed by atoms with van der Waals surface area (Å²) in [6.07, 6.45) is 2.25. The summed E-state index contributed by atoms with van der Waals surface area (Å²) in [6.45, 7) is 2.16. The van der Waals surface area contributed by atoms with Crippen molar-refractivity contribution in [2.45, 2.75) is 12.6 Å². The number of ether oxygens (including phenoxy) is 1. The molecule has 146 valence electrons. The molecule has 1 atom stereocenters. The van der Waals surface area contributed by atoms with Crippen LogP contribution in [0.2, 0.25) is 0 Å². The van der Waals surface area contributed by atoms with Gasteiger partial charge in [-0.2, -0.15) is 4.57 Å². The van der Waals surface area contributed by atoms with Gasteiger partial charge in [-0.15, -0.1) is 4.57 Å². The van der Waals surface area contributed by atoms with Gasteiger partial charge in [0.15, 0.2) is 17.2 Å². The van der Waals surface area contributed by atoms with Crippen molar-refractivity contribution < 1.29 is 13.9 Å².